The van der Waals surface area contributed by atoms with E-state index in [-0.39, 0.29) is 11.7 Å². The van der Waals surface area contributed by atoms with Gasteiger partial charge in [-0.1, -0.05) is 47.6 Å². The van der Waals surface area contributed by atoms with Crippen LogP contribution in [0.3, 0.4) is 0 Å². The molecule has 10 heteroatoms. The van der Waals surface area contributed by atoms with E-state index in [0.29, 0.717) is 29.1 Å². The summed E-state index contributed by atoms with van der Waals surface area (Å²) in [6.45, 7) is 4.72. The van der Waals surface area contributed by atoms with Crippen molar-refractivity contribution in [3.63, 3.8) is 0 Å². The fourth-order valence-corrected chi connectivity index (χ4v) is 4.24. The van der Waals surface area contributed by atoms with Crippen LogP contribution in [-0.4, -0.2) is 58.2 Å². The monoisotopic (exact) mass is 444 g/mol. The van der Waals surface area contributed by atoms with Gasteiger partial charge in [-0.25, -0.2) is 0 Å². The van der Waals surface area contributed by atoms with Gasteiger partial charge in [-0.05, 0) is 41.1 Å². The SMILES string of the molecule is Cc1ccccc1-n1nnnc1SCC(=O)Nc1cccc(Cl)c1N1CCOCC1. The molecule has 0 aliphatic carbocycles. The van der Waals surface area contributed by atoms with Gasteiger partial charge in [0.05, 0.1) is 41.1 Å². The zero-order chi connectivity index (χ0) is 20.9. The normalized spacial score (nSPS) is 14.0. The molecule has 0 bridgehead atoms. The Morgan fingerprint density at radius 3 is 2.80 bits per heavy atom. The summed E-state index contributed by atoms with van der Waals surface area (Å²) in [5.74, 6) is 0.0116. The number of ether oxygens (including phenoxy) is 1. The molecule has 1 saturated heterocycles. The molecule has 1 N–H and O–H groups in total. The number of hydrogen-bond acceptors (Lipinski definition) is 7. The first-order valence-corrected chi connectivity index (χ1v) is 10.9. The van der Waals surface area contributed by atoms with Crippen LogP contribution < -0.4 is 10.2 Å². The Balaban J connectivity index is 1.45. The van der Waals surface area contributed by atoms with E-state index in [4.69, 9.17) is 16.3 Å². The Bertz CT molecular complexity index is 1040. The lowest BCUT2D eigenvalue weighted by molar-refractivity contribution is -0.113. The van der Waals surface area contributed by atoms with Gasteiger partial charge in [0.25, 0.3) is 0 Å². The third kappa shape index (κ3) is 4.58. The Morgan fingerprint density at radius 2 is 2.00 bits per heavy atom. The number of hydrogen-bond donors (Lipinski definition) is 1. The second kappa shape index (κ2) is 9.46. The summed E-state index contributed by atoms with van der Waals surface area (Å²) in [5.41, 5.74) is 3.44. The van der Waals surface area contributed by atoms with Crippen LogP contribution >= 0.6 is 23.4 Å². The number of aromatic nitrogens is 4. The van der Waals surface area contributed by atoms with Crippen LogP contribution in [0.5, 0.6) is 0 Å². The summed E-state index contributed by atoms with van der Waals surface area (Å²) in [4.78, 5) is 14.8. The molecule has 0 unspecified atom stereocenters. The number of halogens is 1. The number of para-hydroxylation sites is 2. The van der Waals surface area contributed by atoms with Crippen molar-refractivity contribution in [1.82, 2.24) is 20.2 Å². The standard InChI is InChI=1S/C20H21ClN6O2S/c1-14-5-2-3-8-17(14)27-20(23-24-25-27)30-13-18(28)22-16-7-4-6-15(21)19(16)26-9-11-29-12-10-26/h2-8H,9-13H2,1H3,(H,22,28). The number of benzene rings is 2. The number of amides is 1. The van der Waals surface area contributed by atoms with Crippen molar-refractivity contribution in [1.29, 1.82) is 0 Å². The van der Waals surface area contributed by atoms with E-state index in [2.05, 4.69) is 25.7 Å². The number of nitrogens with one attached hydrogen (secondary N) is 1. The summed E-state index contributed by atoms with van der Waals surface area (Å²) < 4.78 is 7.07. The minimum absolute atomic E-state index is 0.156. The fraction of sp³-hybridized carbons (Fsp3) is 0.300. The predicted molar refractivity (Wildman–Crippen MR) is 118 cm³/mol. The molecule has 2 aromatic carbocycles. The van der Waals surface area contributed by atoms with Gasteiger partial charge in [-0.3, -0.25) is 4.79 Å². The number of tetrazole rings is 1. The number of thioether (sulfide) groups is 1. The topological polar surface area (TPSA) is 85.2 Å². The van der Waals surface area contributed by atoms with Gasteiger partial charge in [-0.2, -0.15) is 4.68 Å². The number of nitrogens with zero attached hydrogens (tertiary/aromatic N) is 5. The fourth-order valence-electron chi connectivity index (χ4n) is 3.26. The highest BCUT2D eigenvalue weighted by Gasteiger charge is 2.20. The van der Waals surface area contributed by atoms with Crippen LogP contribution in [0, 0.1) is 6.92 Å². The van der Waals surface area contributed by atoms with Crippen molar-refractivity contribution < 1.29 is 9.53 Å². The molecule has 30 heavy (non-hydrogen) atoms. The van der Waals surface area contributed by atoms with Gasteiger partial charge in [0.1, 0.15) is 0 Å². The number of rotatable bonds is 6. The molecule has 1 aliphatic heterocycles. The second-order valence-corrected chi connectivity index (χ2v) is 8.08. The molecule has 8 nitrogen and oxygen atoms in total. The van der Waals surface area contributed by atoms with Crippen molar-refractivity contribution in [2.45, 2.75) is 12.1 Å². The van der Waals surface area contributed by atoms with Crippen molar-refractivity contribution in [2.75, 3.05) is 42.3 Å². The van der Waals surface area contributed by atoms with Crippen molar-refractivity contribution in [2.24, 2.45) is 0 Å². The highest BCUT2D eigenvalue weighted by atomic mass is 35.5. The zero-order valence-corrected chi connectivity index (χ0v) is 18.0. The predicted octanol–water partition coefficient (Wildman–Crippen LogP) is 3.19. The van der Waals surface area contributed by atoms with Gasteiger partial charge in [0, 0.05) is 13.1 Å². The van der Waals surface area contributed by atoms with Gasteiger partial charge in [0.15, 0.2) is 0 Å². The molecular weight excluding hydrogens is 424 g/mol. The average molecular weight is 445 g/mol. The summed E-state index contributed by atoms with van der Waals surface area (Å²) in [5, 5.41) is 16.0. The van der Waals surface area contributed by atoms with Crippen LogP contribution in [0.4, 0.5) is 11.4 Å². The maximum Gasteiger partial charge on any atom is 0.234 e. The summed E-state index contributed by atoms with van der Waals surface area (Å²) in [7, 11) is 0. The molecule has 156 valence electrons. The largest absolute Gasteiger partial charge is 0.378 e. The summed E-state index contributed by atoms with van der Waals surface area (Å²) >= 11 is 7.72. The average Bonchev–Trinajstić information content (AvgIpc) is 3.22. The van der Waals surface area contributed by atoms with Crippen LogP contribution in [-0.2, 0) is 9.53 Å². The highest BCUT2D eigenvalue weighted by molar-refractivity contribution is 7.99. The number of carbonyl (C=O) groups is 1. The van der Waals surface area contributed by atoms with Gasteiger partial charge < -0.3 is 15.0 Å². The highest BCUT2D eigenvalue weighted by Crippen LogP contribution is 2.34. The summed E-state index contributed by atoms with van der Waals surface area (Å²) in [6, 6.07) is 13.3. The third-order valence-corrected chi connectivity index (χ3v) is 5.93. The lowest BCUT2D eigenvalue weighted by Gasteiger charge is -2.31. The number of anilines is 2. The van der Waals surface area contributed by atoms with Crippen molar-refractivity contribution >= 4 is 40.6 Å². The van der Waals surface area contributed by atoms with Crippen LogP contribution in [0.15, 0.2) is 47.6 Å². The maximum absolute atomic E-state index is 12.7. The van der Waals surface area contributed by atoms with E-state index in [9.17, 15) is 4.79 Å². The van der Waals surface area contributed by atoms with Crippen molar-refractivity contribution in [3.8, 4) is 5.69 Å². The minimum atomic E-state index is -0.156. The van der Waals surface area contributed by atoms with E-state index < -0.39 is 0 Å². The lowest BCUT2D eigenvalue weighted by Crippen LogP contribution is -2.37. The van der Waals surface area contributed by atoms with Crippen LogP contribution in [0.2, 0.25) is 5.02 Å². The Hall–Kier alpha value is -2.62. The van der Waals surface area contributed by atoms with Gasteiger partial charge in [0.2, 0.25) is 11.1 Å². The molecule has 4 rings (SSSR count). The summed E-state index contributed by atoms with van der Waals surface area (Å²) in [6.07, 6.45) is 0. The number of morpholine rings is 1. The smallest absolute Gasteiger partial charge is 0.234 e. The molecule has 1 aromatic heterocycles. The first-order valence-electron chi connectivity index (χ1n) is 9.52. The second-order valence-electron chi connectivity index (χ2n) is 6.73. The van der Waals surface area contributed by atoms with Gasteiger partial charge >= 0.3 is 0 Å². The molecule has 0 radical (unpaired) electrons. The van der Waals surface area contributed by atoms with E-state index >= 15 is 0 Å². The van der Waals surface area contributed by atoms with Crippen molar-refractivity contribution in [3.05, 3.63) is 53.1 Å². The Morgan fingerprint density at radius 1 is 1.20 bits per heavy atom. The Labute approximate surface area is 183 Å². The minimum Gasteiger partial charge on any atom is -0.378 e. The molecule has 3 aromatic rings. The van der Waals surface area contributed by atoms with E-state index in [0.717, 1.165) is 30.0 Å². The molecule has 0 saturated carbocycles. The van der Waals surface area contributed by atoms with E-state index in [1.54, 1.807) is 4.68 Å². The van der Waals surface area contributed by atoms with Crippen LogP contribution in [0.25, 0.3) is 5.69 Å². The first-order chi connectivity index (χ1) is 14.6. The molecular formula is C20H21ClN6O2S. The molecule has 0 atom stereocenters. The maximum atomic E-state index is 12.7. The van der Waals surface area contributed by atoms with Crippen LogP contribution in [0.1, 0.15) is 5.56 Å². The van der Waals surface area contributed by atoms with E-state index in [1.165, 1.54) is 11.8 Å². The first kappa shape index (κ1) is 20.6. The Kier molecular flexibility index (Phi) is 6.51. The molecule has 1 amide bonds. The molecule has 1 fully saturated rings. The molecule has 1 aliphatic rings. The van der Waals surface area contributed by atoms with E-state index in [1.807, 2.05) is 49.4 Å². The molecule has 0 spiro atoms. The number of aryl methyl sites for hydroxylation is 1. The lowest BCUT2D eigenvalue weighted by atomic mass is 10.2. The number of carbonyl (C=O) groups excluding carboxylic acids is 1. The quantitative estimate of drug-likeness (QED) is 0.584. The third-order valence-electron chi connectivity index (χ3n) is 4.71. The van der Waals surface area contributed by atoms with Gasteiger partial charge in [-0.15, -0.1) is 5.10 Å². The molecule has 2 heterocycles. The zero-order valence-electron chi connectivity index (χ0n) is 16.4.